The monoisotopic (exact) mass is 691 g/mol. The number of fused-ring (bicyclic) bond motifs is 2. The molecule has 1 saturated heterocycles. The van der Waals surface area contributed by atoms with Gasteiger partial charge in [0.05, 0.1) is 17.1 Å². The number of carbonyl (C=O) groups excluding carboxylic acids is 2. The highest BCUT2D eigenvalue weighted by atomic mass is 32.1. The molecule has 2 aliphatic heterocycles. The number of unbranched alkanes of at least 4 members (excludes halogenated alkanes) is 16. The summed E-state index contributed by atoms with van der Waals surface area (Å²) in [5.74, 6) is -0.326. The van der Waals surface area contributed by atoms with Gasteiger partial charge in [0.15, 0.2) is 0 Å². The molecule has 1 aromatic heterocycles. The van der Waals surface area contributed by atoms with Crippen LogP contribution in [-0.4, -0.2) is 49.6 Å². The van der Waals surface area contributed by atoms with Crippen LogP contribution in [0.4, 0.5) is 21.2 Å². The minimum Gasteiger partial charge on any atom is -0.428 e. The van der Waals surface area contributed by atoms with E-state index in [1.165, 1.54) is 107 Å². The quantitative estimate of drug-likeness (QED) is 0.0740. The molecule has 8 heteroatoms. The average Bonchev–Trinajstić information content (AvgIpc) is 3.42. The molecule has 0 bridgehead atoms. The Morgan fingerprint density at radius 2 is 1.39 bits per heavy atom. The molecule has 0 spiro atoms. The zero-order valence-electron chi connectivity index (χ0n) is 30.6. The first-order valence-electron chi connectivity index (χ1n) is 19.2. The molecule has 1 fully saturated rings. The molecule has 0 atom stereocenters. The number of benzene rings is 1. The number of nitrogens with zero attached hydrogens (tertiary/aromatic N) is 3. The zero-order chi connectivity index (χ0) is 34.7. The molecule has 0 N–H and O–H groups in total. The van der Waals surface area contributed by atoms with Crippen molar-refractivity contribution in [2.45, 2.75) is 142 Å². The summed E-state index contributed by atoms with van der Waals surface area (Å²) in [6.07, 6.45) is 26.1. The number of carbonyl (C=O) groups is 2. The van der Waals surface area contributed by atoms with Gasteiger partial charge in [-0.05, 0) is 57.5 Å². The lowest BCUT2D eigenvalue weighted by Crippen LogP contribution is -2.28. The summed E-state index contributed by atoms with van der Waals surface area (Å²) >= 11 is 1.54. The van der Waals surface area contributed by atoms with Crippen LogP contribution < -0.4 is 4.90 Å². The first-order valence-corrected chi connectivity index (χ1v) is 20.1. The zero-order valence-corrected chi connectivity index (χ0v) is 31.4. The van der Waals surface area contributed by atoms with E-state index in [0.717, 1.165) is 66.3 Å². The van der Waals surface area contributed by atoms with E-state index in [9.17, 15) is 9.59 Å². The van der Waals surface area contributed by atoms with E-state index in [0.29, 0.717) is 17.8 Å². The van der Waals surface area contributed by atoms with Crippen LogP contribution in [0.1, 0.15) is 146 Å². The van der Waals surface area contributed by atoms with E-state index < -0.39 is 12.9 Å². The fraction of sp³-hybridized carbons (Fsp3) is 0.634. The Balaban J connectivity index is 1.12. The molecule has 4 rings (SSSR count). The number of ether oxygens (including phenoxy) is 2. The van der Waals surface area contributed by atoms with Crippen LogP contribution in [0.25, 0.3) is 0 Å². The van der Waals surface area contributed by atoms with E-state index in [1.54, 1.807) is 4.90 Å². The predicted molar refractivity (Wildman–Crippen MR) is 205 cm³/mol. The van der Waals surface area contributed by atoms with Crippen LogP contribution in [0.2, 0.25) is 0 Å². The van der Waals surface area contributed by atoms with Gasteiger partial charge >= 0.3 is 12.1 Å². The van der Waals surface area contributed by atoms with E-state index in [-0.39, 0.29) is 5.97 Å². The number of amides is 1. The van der Waals surface area contributed by atoms with Crippen molar-refractivity contribution >= 4 is 45.5 Å². The van der Waals surface area contributed by atoms with Crippen molar-refractivity contribution < 1.29 is 19.1 Å². The predicted octanol–water partition coefficient (Wildman–Crippen LogP) is 12.0. The first kappa shape index (κ1) is 38.8. The SMILES string of the molecule is CCCCCCCCCCCCCCCCCCCC(=O)OCOC(=O)N1c2ccccc2N=C(C=C2CCN(C)CC2)c2cc(C)sc21. The van der Waals surface area contributed by atoms with Crippen LogP contribution in [-0.2, 0) is 14.3 Å². The van der Waals surface area contributed by atoms with Gasteiger partial charge in [0.1, 0.15) is 5.00 Å². The fourth-order valence-electron chi connectivity index (χ4n) is 6.71. The number of anilines is 2. The Hall–Kier alpha value is -2.97. The smallest absolute Gasteiger partial charge is 0.422 e. The molecule has 49 heavy (non-hydrogen) atoms. The van der Waals surface area contributed by atoms with Crippen molar-refractivity contribution in [1.82, 2.24) is 4.90 Å². The number of hydrogen-bond acceptors (Lipinski definition) is 7. The van der Waals surface area contributed by atoms with Crippen molar-refractivity contribution in [3.05, 3.63) is 52.4 Å². The highest BCUT2D eigenvalue weighted by molar-refractivity contribution is 7.16. The Kier molecular flexibility index (Phi) is 17.4. The maximum absolute atomic E-state index is 13.6. The normalized spacial score (nSPS) is 14.6. The molecule has 1 aromatic carbocycles. The van der Waals surface area contributed by atoms with E-state index >= 15 is 0 Å². The molecule has 2 aromatic rings. The number of aliphatic imine (C=N–C) groups is 1. The molecule has 1 amide bonds. The third-order valence-electron chi connectivity index (χ3n) is 9.72. The number of piperidine rings is 1. The summed E-state index contributed by atoms with van der Waals surface area (Å²) < 4.78 is 10.9. The maximum atomic E-state index is 13.6. The summed E-state index contributed by atoms with van der Waals surface area (Å²) in [5, 5.41) is 0.769. The summed E-state index contributed by atoms with van der Waals surface area (Å²) in [6.45, 7) is 5.97. The number of hydrogen-bond donors (Lipinski definition) is 0. The number of allylic oxidation sites excluding steroid dienone is 1. The van der Waals surface area contributed by atoms with Gasteiger partial charge in [0.2, 0.25) is 6.79 Å². The van der Waals surface area contributed by atoms with Crippen LogP contribution in [0.15, 0.2) is 47.0 Å². The standard InChI is InChI=1S/C41H61N3O4S/c1-4-5-6-7-8-9-10-11-12-13-14-15-16-17-18-19-20-25-39(45)47-32-48-41(46)44-38-24-22-21-23-36(38)42-37(35-30-33(2)49-40(35)44)31-34-26-28-43(3)29-27-34/h21-24,30-31H,4-20,25-29,32H2,1-3H3. The molecule has 0 aliphatic carbocycles. The first-order chi connectivity index (χ1) is 24.0. The number of rotatable bonds is 21. The topological polar surface area (TPSA) is 71.4 Å². The summed E-state index contributed by atoms with van der Waals surface area (Å²) in [5.41, 5.74) is 4.50. The highest BCUT2D eigenvalue weighted by Crippen LogP contribution is 2.44. The van der Waals surface area contributed by atoms with Crippen molar-refractivity contribution in [1.29, 1.82) is 0 Å². The molecule has 2 aliphatic rings. The van der Waals surface area contributed by atoms with Gasteiger partial charge < -0.3 is 14.4 Å². The molecule has 7 nitrogen and oxygen atoms in total. The van der Waals surface area contributed by atoms with Crippen molar-refractivity contribution in [2.75, 3.05) is 31.8 Å². The Labute approximate surface area is 300 Å². The van der Waals surface area contributed by atoms with Gasteiger partial charge in [0, 0.05) is 30.0 Å². The lowest BCUT2D eigenvalue weighted by molar-refractivity contribution is -0.151. The number of aryl methyl sites for hydroxylation is 1. The van der Waals surface area contributed by atoms with E-state index in [4.69, 9.17) is 14.5 Å². The Bertz CT molecular complexity index is 1360. The van der Waals surface area contributed by atoms with Crippen LogP contribution >= 0.6 is 11.3 Å². The Morgan fingerprint density at radius 3 is 2.00 bits per heavy atom. The average molecular weight is 692 g/mol. The van der Waals surface area contributed by atoms with Crippen molar-refractivity contribution in [2.24, 2.45) is 4.99 Å². The molecule has 3 heterocycles. The second-order valence-electron chi connectivity index (χ2n) is 14.0. The van der Waals surface area contributed by atoms with Crippen LogP contribution in [0.5, 0.6) is 0 Å². The minimum atomic E-state index is -0.579. The number of thiophene rings is 1. The second kappa shape index (κ2) is 22.0. The van der Waals surface area contributed by atoms with Crippen LogP contribution in [0, 0.1) is 6.92 Å². The van der Waals surface area contributed by atoms with Gasteiger partial charge in [0.25, 0.3) is 0 Å². The second-order valence-corrected chi connectivity index (χ2v) is 15.2. The van der Waals surface area contributed by atoms with Gasteiger partial charge in [-0.25, -0.2) is 14.7 Å². The lowest BCUT2D eigenvalue weighted by Gasteiger charge is -2.24. The molecule has 270 valence electrons. The minimum absolute atomic E-state index is 0.326. The van der Waals surface area contributed by atoms with Gasteiger partial charge in [-0.2, -0.15) is 0 Å². The van der Waals surface area contributed by atoms with Crippen molar-refractivity contribution in [3.63, 3.8) is 0 Å². The molecule has 0 unspecified atom stereocenters. The summed E-state index contributed by atoms with van der Waals surface area (Å²) in [7, 11) is 2.15. The summed E-state index contributed by atoms with van der Waals surface area (Å²) in [6, 6.07) is 9.72. The van der Waals surface area contributed by atoms with E-state index in [1.807, 2.05) is 31.2 Å². The number of likely N-dealkylation sites (tertiary alicyclic amines) is 1. The lowest BCUT2D eigenvalue weighted by atomic mass is 10.0. The van der Waals surface area contributed by atoms with E-state index in [2.05, 4.69) is 31.0 Å². The third kappa shape index (κ3) is 13.3. The molecular formula is C41H61N3O4S. The molecule has 0 saturated carbocycles. The number of para-hydroxylation sites is 2. The van der Waals surface area contributed by atoms with Gasteiger partial charge in [-0.1, -0.05) is 127 Å². The van der Waals surface area contributed by atoms with Crippen LogP contribution in [0.3, 0.4) is 0 Å². The largest absolute Gasteiger partial charge is 0.428 e. The Morgan fingerprint density at radius 1 is 0.816 bits per heavy atom. The molecule has 0 radical (unpaired) electrons. The fourth-order valence-corrected chi connectivity index (χ4v) is 7.73. The van der Waals surface area contributed by atoms with Crippen molar-refractivity contribution in [3.8, 4) is 0 Å². The van der Waals surface area contributed by atoms with Gasteiger partial charge in [-0.3, -0.25) is 4.79 Å². The highest BCUT2D eigenvalue weighted by Gasteiger charge is 2.31. The molecular weight excluding hydrogens is 631 g/mol. The number of esters is 1. The maximum Gasteiger partial charge on any atom is 0.422 e. The van der Waals surface area contributed by atoms with Gasteiger partial charge in [-0.15, -0.1) is 11.3 Å². The summed E-state index contributed by atoms with van der Waals surface area (Å²) in [4.78, 5) is 36.0. The third-order valence-corrected chi connectivity index (χ3v) is 10.8.